The Balaban J connectivity index is 1.76. The monoisotopic (exact) mass is 469 g/mol. The molecule has 1 saturated heterocycles. The van der Waals surface area contributed by atoms with Gasteiger partial charge < -0.3 is 4.90 Å². The molecule has 0 spiro atoms. The standard InChI is InChI=1S/C27H31N7O/c1-5-21-17-34(26-25-24(32(4)27(35)31-26)13-12-20(15-29)30-25)22(6-2)16-33(21)23(7-3)19-10-8-18(14-28)9-11-19/h8-13,21-23H,5-7,16-17H2,1-4H3/t21-,22?,23?/m1/s1. The molecule has 0 bridgehead atoms. The van der Waals surface area contributed by atoms with Crippen LogP contribution in [0.2, 0.25) is 0 Å². The van der Waals surface area contributed by atoms with Crippen LogP contribution in [0.5, 0.6) is 0 Å². The Bertz CT molecular complexity index is 1350. The van der Waals surface area contributed by atoms with Gasteiger partial charge in [-0.1, -0.05) is 32.9 Å². The van der Waals surface area contributed by atoms with E-state index in [0.717, 1.165) is 32.4 Å². The molecule has 3 atom stereocenters. The molecule has 1 fully saturated rings. The number of aryl methyl sites for hydroxylation is 1. The third-order valence-corrected chi connectivity index (χ3v) is 7.22. The summed E-state index contributed by atoms with van der Waals surface area (Å²) in [6.07, 6.45) is 2.78. The molecule has 0 saturated carbocycles. The van der Waals surface area contributed by atoms with E-state index in [-0.39, 0.29) is 23.8 Å². The second-order valence-corrected chi connectivity index (χ2v) is 9.08. The first kappa shape index (κ1) is 24.4. The number of piperazine rings is 1. The zero-order chi connectivity index (χ0) is 25.1. The Morgan fingerprint density at radius 3 is 2.29 bits per heavy atom. The summed E-state index contributed by atoms with van der Waals surface area (Å²) in [5.74, 6) is 0.566. The predicted molar refractivity (Wildman–Crippen MR) is 136 cm³/mol. The van der Waals surface area contributed by atoms with Crippen molar-refractivity contribution in [1.29, 1.82) is 10.5 Å². The van der Waals surface area contributed by atoms with Gasteiger partial charge in [-0.15, -0.1) is 0 Å². The van der Waals surface area contributed by atoms with E-state index in [4.69, 9.17) is 0 Å². The van der Waals surface area contributed by atoms with Crippen LogP contribution in [0.3, 0.4) is 0 Å². The van der Waals surface area contributed by atoms with Crippen molar-refractivity contribution in [3.8, 4) is 12.1 Å². The Labute approximate surface area is 206 Å². The minimum absolute atomic E-state index is 0.139. The Morgan fingerprint density at radius 2 is 1.69 bits per heavy atom. The van der Waals surface area contributed by atoms with Gasteiger partial charge in [0, 0.05) is 38.3 Å². The summed E-state index contributed by atoms with van der Waals surface area (Å²) in [5.41, 5.74) is 3.13. The quantitative estimate of drug-likeness (QED) is 0.539. The summed E-state index contributed by atoms with van der Waals surface area (Å²) >= 11 is 0. The van der Waals surface area contributed by atoms with Crippen molar-refractivity contribution in [3.05, 3.63) is 63.7 Å². The van der Waals surface area contributed by atoms with Crippen molar-refractivity contribution < 1.29 is 0 Å². The van der Waals surface area contributed by atoms with Gasteiger partial charge in [0.05, 0.1) is 17.1 Å². The van der Waals surface area contributed by atoms with Gasteiger partial charge in [-0.05, 0) is 49.1 Å². The lowest BCUT2D eigenvalue weighted by Gasteiger charge is -2.49. The largest absolute Gasteiger partial charge is 0.349 e. The number of rotatable bonds is 6. The first-order valence-electron chi connectivity index (χ1n) is 12.3. The van der Waals surface area contributed by atoms with Crippen molar-refractivity contribution in [1.82, 2.24) is 19.4 Å². The van der Waals surface area contributed by atoms with Crippen molar-refractivity contribution in [2.24, 2.45) is 7.05 Å². The first-order valence-corrected chi connectivity index (χ1v) is 12.3. The van der Waals surface area contributed by atoms with Crippen LogP contribution in [0, 0.1) is 22.7 Å². The molecule has 0 radical (unpaired) electrons. The zero-order valence-electron chi connectivity index (χ0n) is 20.8. The second kappa shape index (κ2) is 10.2. The number of aromatic nitrogens is 3. The highest BCUT2D eigenvalue weighted by atomic mass is 16.1. The average molecular weight is 470 g/mol. The highest BCUT2D eigenvalue weighted by molar-refractivity contribution is 5.86. The average Bonchev–Trinajstić information content (AvgIpc) is 2.90. The van der Waals surface area contributed by atoms with E-state index in [1.54, 1.807) is 19.2 Å². The SMILES string of the molecule is CCC1CN(C(CC)c2ccc(C#N)cc2)[C@H](CC)CN1c1nc(=O)n(C)c2ccc(C#N)nc12. The molecule has 3 heterocycles. The highest BCUT2D eigenvalue weighted by Gasteiger charge is 2.37. The third kappa shape index (κ3) is 4.50. The van der Waals surface area contributed by atoms with E-state index < -0.39 is 0 Å². The van der Waals surface area contributed by atoms with Crippen LogP contribution in [0.1, 0.15) is 62.9 Å². The van der Waals surface area contributed by atoms with Crippen LogP contribution in [-0.2, 0) is 7.05 Å². The molecule has 8 nitrogen and oxygen atoms in total. The lowest BCUT2D eigenvalue weighted by atomic mass is 9.94. The number of benzene rings is 1. The number of anilines is 1. The summed E-state index contributed by atoms with van der Waals surface area (Å²) in [7, 11) is 1.68. The fourth-order valence-electron chi connectivity index (χ4n) is 5.24. The van der Waals surface area contributed by atoms with Gasteiger partial charge in [0.25, 0.3) is 0 Å². The summed E-state index contributed by atoms with van der Waals surface area (Å²) in [6, 6.07) is 16.3. The molecule has 180 valence electrons. The van der Waals surface area contributed by atoms with Crippen LogP contribution in [0.25, 0.3) is 11.0 Å². The van der Waals surface area contributed by atoms with E-state index in [1.807, 2.05) is 12.1 Å². The van der Waals surface area contributed by atoms with Crippen LogP contribution >= 0.6 is 0 Å². The molecule has 1 aromatic carbocycles. The number of nitriles is 2. The normalized spacial score (nSPS) is 19.3. The van der Waals surface area contributed by atoms with E-state index in [1.165, 1.54) is 10.1 Å². The third-order valence-electron chi connectivity index (χ3n) is 7.22. The molecule has 0 N–H and O–H groups in total. The Morgan fingerprint density at radius 1 is 0.971 bits per heavy atom. The molecule has 2 unspecified atom stereocenters. The van der Waals surface area contributed by atoms with E-state index in [0.29, 0.717) is 28.1 Å². The minimum Gasteiger partial charge on any atom is -0.349 e. The van der Waals surface area contributed by atoms with Crippen molar-refractivity contribution in [2.45, 2.75) is 58.2 Å². The second-order valence-electron chi connectivity index (χ2n) is 9.08. The van der Waals surface area contributed by atoms with Gasteiger partial charge in [-0.3, -0.25) is 9.47 Å². The van der Waals surface area contributed by atoms with E-state index in [9.17, 15) is 15.3 Å². The molecule has 3 aromatic rings. The van der Waals surface area contributed by atoms with E-state index in [2.05, 4.69) is 64.8 Å². The maximum atomic E-state index is 12.8. The lowest BCUT2D eigenvalue weighted by molar-refractivity contribution is 0.0895. The predicted octanol–water partition coefficient (Wildman–Crippen LogP) is 3.90. The highest BCUT2D eigenvalue weighted by Crippen LogP contribution is 2.35. The fourth-order valence-corrected chi connectivity index (χ4v) is 5.24. The number of hydrogen-bond acceptors (Lipinski definition) is 7. The molecular weight excluding hydrogens is 438 g/mol. The minimum atomic E-state index is -0.326. The first-order chi connectivity index (χ1) is 16.9. The van der Waals surface area contributed by atoms with Crippen molar-refractivity contribution in [2.75, 3.05) is 18.0 Å². The topological polar surface area (TPSA) is 102 Å². The maximum absolute atomic E-state index is 12.8. The van der Waals surface area contributed by atoms with Gasteiger partial charge in [-0.2, -0.15) is 15.5 Å². The van der Waals surface area contributed by atoms with Gasteiger partial charge >= 0.3 is 5.69 Å². The number of nitrogens with zero attached hydrogens (tertiary/aromatic N) is 7. The number of pyridine rings is 1. The molecule has 0 aliphatic carbocycles. The van der Waals surface area contributed by atoms with E-state index >= 15 is 0 Å². The van der Waals surface area contributed by atoms with Crippen LogP contribution in [0.15, 0.2) is 41.2 Å². The summed E-state index contributed by atoms with van der Waals surface area (Å²) in [4.78, 5) is 26.6. The van der Waals surface area contributed by atoms with Crippen molar-refractivity contribution >= 4 is 16.9 Å². The van der Waals surface area contributed by atoms with Gasteiger partial charge in [0.2, 0.25) is 0 Å². The molecule has 2 aromatic heterocycles. The smallest absolute Gasteiger partial charge is 0.349 e. The van der Waals surface area contributed by atoms with Crippen LogP contribution < -0.4 is 10.6 Å². The van der Waals surface area contributed by atoms with Crippen molar-refractivity contribution in [3.63, 3.8) is 0 Å². The summed E-state index contributed by atoms with van der Waals surface area (Å²) in [6.45, 7) is 8.09. The van der Waals surface area contributed by atoms with Gasteiger partial charge in [0.1, 0.15) is 17.3 Å². The van der Waals surface area contributed by atoms with Gasteiger partial charge in [0.15, 0.2) is 5.82 Å². The lowest BCUT2D eigenvalue weighted by Crippen LogP contribution is -2.59. The molecule has 0 amide bonds. The Kier molecular flexibility index (Phi) is 7.14. The van der Waals surface area contributed by atoms with Crippen LogP contribution in [0.4, 0.5) is 5.82 Å². The maximum Gasteiger partial charge on any atom is 0.349 e. The molecule has 35 heavy (non-hydrogen) atoms. The molecule has 4 rings (SSSR count). The fraction of sp³-hybridized carbons (Fsp3) is 0.444. The molecular formula is C27H31N7O. The number of hydrogen-bond donors (Lipinski definition) is 0. The van der Waals surface area contributed by atoms with Crippen LogP contribution in [-0.4, -0.2) is 44.6 Å². The van der Waals surface area contributed by atoms with Gasteiger partial charge in [-0.25, -0.2) is 9.78 Å². The Hall–Kier alpha value is -3.75. The number of fused-ring (bicyclic) bond motifs is 1. The summed E-state index contributed by atoms with van der Waals surface area (Å²) in [5, 5.41) is 18.6. The summed E-state index contributed by atoms with van der Waals surface area (Å²) < 4.78 is 1.49. The molecule has 1 aliphatic heterocycles. The molecule has 1 aliphatic rings. The zero-order valence-corrected chi connectivity index (χ0v) is 20.8. The molecule has 8 heteroatoms.